The molecule has 94 valence electrons. The van der Waals surface area contributed by atoms with Gasteiger partial charge in [0.15, 0.2) is 6.61 Å². The van der Waals surface area contributed by atoms with Gasteiger partial charge < -0.3 is 15.0 Å². The van der Waals surface area contributed by atoms with E-state index in [1.165, 1.54) is 0 Å². The summed E-state index contributed by atoms with van der Waals surface area (Å²) >= 11 is 0. The van der Waals surface area contributed by atoms with Crippen LogP contribution in [0.3, 0.4) is 0 Å². The lowest BCUT2D eigenvalue weighted by Gasteiger charge is -2.17. The van der Waals surface area contributed by atoms with Crippen molar-refractivity contribution in [1.29, 1.82) is 0 Å². The van der Waals surface area contributed by atoms with E-state index in [-0.39, 0.29) is 24.1 Å². The molecule has 1 N–H and O–H groups in total. The lowest BCUT2D eigenvalue weighted by atomic mass is 10.2. The van der Waals surface area contributed by atoms with Crippen LogP contribution in [-0.4, -0.2) is 42.8 Å². The number of nitrogens with zero attached hydrogens (tertiary/aromatic N) is 1. The third kappa shape index (κ3) is 2.43. The maximum absolute atomic E-state index is 11.8. The molecule has 0 aromatic carbocycles. The quantitative estimate of drug-likeness (QED) is 0.771. The summed E-state index contributed by atoms with van der Waals surface area (Å²) in [7, 11) is 0. The first-order valence-corrected chi connectivity index (χ1v) is 6.17. The molecule has 0 saturated carbocycles. The van der Waals surface area contributed by atoms with E-state index in [4.69, 9.17) is 4.74 Å². The number of amides is 1. The number of ether oxygens (including phenoxy) is 1. The minimum absolute atomic E-state index is 0.000706. The number of hydrogen-bond donors (Lipinski definition) is 1. The van der Waals surface area contributed by atoms with Crippen LogP contribution in [0.4, 0.5) is 0 Å². The molecule has 0 spiro atoms. The molecule has 2 aliphatic heterocycles. The molecule has 2 aliphatic rings. The average molecular weight is 238 g/mol. The number of rotatable bonds is 4. The highest BCUT2D eigenvalue weighted by molar-refractivity contribution is 6.07. The van der Waals surface area contributed by atoms with Gasteiger partial charge >= 0.3 is 0 Å². The summed E-state index contributed by atoms with van der Waals surface area (Å²) in [6.45, 7) is 4.27. The predicted octanol–water partition coefficient (Wildman–Crippen LogP) is 0.419. The molecule has 17 heavy (non-hydrogen) atoms. The number of carbonyl (C=O) groups excluding carboxylic acids is 2. The Morgan fingerprint density at radius 3 is 2.76 bits per heavy atom. The summed E-state index contributed by atoms with van der Waals surface area (Å²) in [4.78, 5) is 25.6. The van der Waals surface area contributed by atoms with E-state index in [0.717, 1.165) is 32.4 Å². The van der Waals surface area contributed by atoms with E-state index in [2.05, 4.69) is 5.32 Å². The zero-order chi connectivity index (χ0) is 12.3. The summed E-state index contributed by atoms with van der Waals surface area (Å²) in [5.74, 6) is -0.126. The highest BCUT2D eigenvalue weighted by Gasteiger charge is 2.34. The van der Waals surface area contributed by atoms with E-state index in [1.54, 1.807) is 0 Å². The Morgan fingerprint density at radius 1 is 1.41 bits per heavy atom. The molecule has 0 bridgehead atoms. The van der Waals surface area contributed by atoms with Crippen LogP contribution >= 0.6 is 0 Å². The molecule has 1 fully saturated rings. The van der Waals surface area contributed by atoms with Gasteiger partial charge in [0.05, 0.1) is 0 Å². The number of Topliss-reactive ketones (excluding diaryl/α,β-unsaturated/α-hetero) is 1. The van der Waals surface area contributed by atoms with E-state index in [9.17, 15) is 9.59 Å². The molecule has 0 aromatic heterocycles. The SMILES string of the molecule is CCCNC(=O)C1=C(N2CCCC2)C(=O)CO1. The van der Waals surface area contributed by atoms with E-state index < -0.39 is 0 Å². The summed E-state index contributed by atoms with van der Waals surface area (Å²) < 4.78 is 5.23. The van der Waals surface area contributed by atoms with Crippen LogP contribution in [0.5, 0.6) is 0 Å². The van der Waals surface area contributed by atoms with Gasteiger partial charge in [-0.2, -0.15) is 0 Å². The first-order chi connectivity index (χ1) is 8.24. The van der Waals surface area contributed by atoms with Gasteiger partial charge in [0.2, 0.25) is 11.5 Å². The largest absolute Gasteiger partial charge is 0.478 e. The number of ketones is 1. The predicted molar refractivity (Wildman–Crippen MR) is 62.1 cm³/mol. The summed E-state index contributed by atoms with van der Waals surface area (Å²) in [6.07, 6.45) is 3.01. The van der Waals surface area contributed by atoms with Crippen LogP contribution in [0.15, 0.2) is 11.5 Å². The maximum atomic E-state index is 11.8. The summed E-state index contributed by atoms with van der Waals surface area (Å²) in [5.41, 5.74) is 0.483. The average Bonchev–Trinajstić information content (AvgIpc) is 2.94. The zero-order valence-corrected chi connectivity index (χ0v) is 10.1. The van der Waals surface area contributed by atoms with Crippen molar-refractivity contribution in [3.05, 3.63) is 11.5 Å². The molecule has 0 unspecified atom stereocenters. The third-order valence-corrected chi connectivity index (χ3v) is 2.99. The van der Waals surface area contributed by atoms with Crippen LogP contribution in [-0.2, 0) is 14.3 Å². The van der Waals surface area contributed by atoms with Crippen LogP contribution in [0.25, 0.3) is 0 Å². The first kappa shape index (κ1) is 12.0. The fourth-order valence-electron chi connectivity index (χ4n) is 2.15. The Morgan fingerprint density at radius 2 is 2.12 bits per heavy atom. The topological polar surface area (TPSA) is 58.6 Å². The minimum Gasteiger partial charge on any atom is -0.478 e. The van der Waals surface area contributed by atoms with Crippen LogP contribution in [0, 0.1) is 0 Å². The second-order valence-electron chi connectivity index (χ2n) is 4.34. The van der Waals surface area contributed by atoms with E-state index in [1.807, 2.05) is 11.8 Å². The second kappa shape index (κ2) is 5.21. The Hall–Kier alpha value is -1.52. The molecule has 2 heterocycles. The molecule has 0 atom stereocenters. The lowest BCUT2D eigenvalue weighted by Crippen LogP contribution is -2.30. The second-order valence-corrected chi connectivity index (χ2v) is 4.34. The fourth-order valence-corrected chi connectivity index (χ4v) is 2.15. The van der Waals surface area contributed by atoms with Gasteiger partial charge in [0.1, 0.15) is 5.70 Å². The molecule has 1 saturated heterocycles. The molecule has 5 heteroatoms. The fraction of sp³-hybridized carbons (Fsp3) is 0.667. The molecule has 0 aliphatic carbocycles. The molecular weight excluding hydrogens is 220 g/mol. The molecule has 0 radical (unpaired) electrons. The summed E-state index contributed by atoms with van der Waals surface area (Å²) in [6, 6.07) is 0. The van der Waals surface area contributed by atoms with Gasteiger partial charge in [-0.25, -0.2) is 0 Å². The first-order valence-electron chi connectivity index (χ1n) is 6.17. The van der Waals surface area contributed by atoms with E-state index >= 15 is 0 Å². The number of hydrogen-bond acceptors (Lipinski definition) is 4. The normalized spacial score (nSPS) is 19.8. The zero-order valence-electron chi connectivity index (χ0n) is 10.1. The Bertz CT molecular complexity index is 357. The van der Waals surface area contributed by atoms with Crippen molar-refractivity contribution < 1.29 is 14.3 Å². The smallest absolute Gasteiger partial charge is 0.288 e. The van der Waals surface area contributed by atoms with Gasteiger partial charge in [0.25, 0.3) is 5.91 Å². The monoisotopic (exact) mass is 238 g/mol. The minimum atomic E-state index is -0.264. The standard InChI is InChI=1S/C12H18N2O3/c1-2-5-13-12(16)11-10(9(15)8-17-11)14-6-3-4-7-14/h2-8H2,1H3,(H,13,16). The Balaban J connectivity index is 2.15. The molecular formula is C12H18N2O3. The molecule has 5 nitrogen and oxygen atoms in total. The van der Waals surface area contributed by atoms with Crippen molar-refractivity contribution in [1.82, 2.24) is 10.2 Å². The van der Waals surface area contributed by atoms with Crippen molar-refractivity contribution in [3.63, 3.8) is 0 Å². The number of likely N-dealkylation sites (tertiary alicyclic amines) is 1. The van der Waals surface area contributed by atoms with Gasteiger partial charge in [-0.3, -0.25) is 9.59 Å². The molecule has 1 amide bonds. The van der Waals surface area contributed by atoms with Crippen molar-refractivity contribution in [3.8, 4) is 0 Å². The van der Waals surface area contributed by atoms with Crippen molar-refractivity contribution in [2.75, 3.05) is 26.2 Å². The van der Waals surface area contributed by atoms with Crippen LogP contribution in [0.1, 0.15) is 26.2 Å². The third-order valence-electron chi connectivity index (χ3n) is 2.99. The van der Waals surface area contributed by atoms with Gasteiger partial charge in [0, 0.05) is 19.6 Å². The van der Waals surface area contributed by atoms with E-state index in [0.29, 0.717) is 12.2 Å². The maximum Gasteiger partial charge on any atom is 0.288 e. The molecule has 2 rings (SSSR count). The number of carbonyl (C=O) groups is 2. The highest BCUT2D eigenvalue weighted by atomic mass is 16.5. The van der Waals surface area contributed by atoms with Crippen molar-refractivity contribution in [2.24, 2.45) is 0 Å². The lowest BCUT2D eigenvalue weighted by molar-refractivity contribution is -0.120. The van der Waals surface area contributed by atoms with Crippen molar-refractivity contribution in [2.45, 2.75) is 26.2 Å². The van der Waals surface area contributed by atoms with Crippen molar-refractivity contribution >= 4 is 11.7 Å². The van der Waals surface area contributed by atoms with Crippen LogP contribution in [0.2, 0.25) is 0 Å². The van der Waals surface area contributed by atoms with Gasteiger partial charge in [-0.1, -0.05) is 6.92 Å². The number of nitrogens with one attached hydrogen (secondary N) is 1. The Kier molecular flexibility index (Phi) is 3.66. The Labute approximate surface area is 101 Å². The summed E-state index contributed by atoms with van der Waals surface area (Å²) in [5, 5.41) is 2.75. The van der Waals surface area contributed by atoms with Crippen LogP contribution < -0.4 is 5.32 Å². The van der Waals surface area contributed by atoms with Gasteiger partial charge in [-0.15, -0.1) is 0 Å². The highest BCUT2D eigenvalue weighted by Crippen LogP contribution is 2.24. The molecule has 0 aromatic rings. The van der Waals surface area contributed by atoms with Gasteiger partial charge in [-0.05, 0) is 19.3 Å².